The number of ether oxygens (including phenoxy) is 2. The van der Waals surface area contributed by atoms with Crippen LogP contribution in [0, 0.1) is 11.3 Å². The number of hydrogen-bond donors (Lipinski definition) is 1. The molecule has 0 bridgehead atoms. The number of rotatable bonds is 3. The first-order valence-corrected chi connectivity index (χ1v) is 4.92. The highest BCUT2D eigenvalue weighted by atomic mass is 16.6. The maximum Gasteiger partial charge on any atom is 0.343 e. The minimum atomic E-state index is -1.63. The number of carbonyl (C=O) groups is 1. The molecule has 0 amide bonds. The lowest BCUT2D eigenvalue weighted by Gasteiger charge is -2.17. The molecule has 5 nitrogen and oxygen atoms in total. The van der Waals surface area contributed by atoms with Gasteiger partial charge in [0.2, 0.25) is 0 Å². The van der Waals surface area contributed by atoms with E-state index in [0.717, 1.165) is 0 Å². The Bertz CT molecular complexity index is 468. The van der Waals surface area contributed by atoms with Crippen molar-refractivity contribution in [2.45, 2.75) is 19.4 Å². The molecule has 0 saturated carbocycles. The molecule has 0 saturated heterocycles. The van der Waals surface area contributed by atoms with Crippen LogP contribution in [-0.4, -0.2) is 23.8 Å². The Morgan fingerprint density at radius 1 is 1.47 bits per heavy atom. The Morgan fingerprint density at radius 2 is 2.12 bits per heavy atom. The van der Waals surface area contributed by atoms with Crippen molar-refractivity contribution >= 4 is 5.97 Å². The van der Waals surface area contributed by atoms with E-state index in [-0.39, 0.29) is 17.1 Å². The molecule has 0 aromatic heterocycles. The van der Waals surface area contributed by atoms with Crippen LogP contribution in [0.25, 0.3) is 0 Å². The van der Waals surface area contributed by atoms with Crippen LogP contribution in [0.4, 0.5) is 0 Å². The van der Waals surface area contributed by atoms with Gasteiger partial charge in [0.05, 0.1) is 12.7 Å². The van der Waals surface area contributed by atoms with E-state index in [1.807, 2.05) is 6.07 Å². The highest BCUT2D eigenvalue weighted by Gasteiger charge is 2.28. The third-order valence-electron chi connectivity index (χ3n) is 2.01. The Kier molecular flexibility index (Phi) is 3.71. The summed E-state index contributed by atoms with van der Waals surface area (Å²) in [5, 5.41) is 18.4. The topological polar surface area (TPSA) is 79.5 Å². The molecule has 1 rings (SSSR count). The zero-order valence-corrected chi connectivity index (χ0v) is 9.85. The number of esters is 1. The molecule has 1 aromatic rings. The molecule has 0 atom stereocenters. The maximum absolute atomic E-state index is 11.5. The summed E-state index contributed by atoms with van der Waals surface area (Å²) in [7, 11) is 1.40. The van der Waals surface area contributed by atoms with Gasteiger partial charge in [0.15, 0.2) is 17.1 Å². The lowest BCUT2D eigenvalue weighted by molar-refractivity contribution is -0.151. The summed E-state index contributed by atoms with van der Waals surface area (Å²) in [6, 6.07) is 6.56. The highest BCUT2D eigenvalue weighted by molar-refractivity contribution is 5.81. The zero-order chi connectivity index (χ0) is 13.1. The van der Waals surface area contributed by atoms with Gasteiger partial charge >= 0.3 is 5.97 Å². The lowest BCUT2D eigenvalue weighted by Crippen LogP contribution is -2.35. The molecule has 0 heterocycles. The fourth-order valence-electron chi connectivity index (χ4n) is 1.09. The largest absolute Gasteiger partial charge is 0.493 e. The second-order valence-electron chi connectivity index (χ2n) is 3.90. The molecule has 1 aromatic carbocycles. The molecule has 0 unspecified atom stereocenters. The molecule has 17 heavy (non-hydrogen) atoms. The number of nitriles is 1. The number of methoxy groups -OCH3 is 1. The van der Waals surface area contributed by atoms with Gasteiger partial charge in [-0.25, -0.2) is 4.79 Å². The third kappa shape index (κ3) is 2.95. The second kappa shape index (κ2) is 4.85. The minimum Gasteiger partial charge on any atom is -0.493 e. The van der Waals surface area contributed by atoms with Gasteiger partial charge in [-0.05, 0) is 26.0 Å². The number of nitrogens with zero attached hydrogens (tertiary/aromatic N) is 1. The van der Waals surface area contributed by atoms with E-state index < -0.39 is 11.6 Å². The van der Waals surface area contributed by atoms with Crippen LogP contribution >= 0.6 is 0 Å². The maximum atomic E-state index is 11.5. The van der Waals surface area contributed by atoms with Gasteiger partial charge < -0.3 is 14.6 Å². The summed E-state index contributed by atoms with van der Waals surface area (Å²) in [5.74, 6) is -0.565. The minimum absolute atomic E-state index is 0.0182. The molecule has 1 N–H and O–H groups in total. The fourth-order valence-corrected chi connectivity index (χ4v) is 1.09. The molecule has 90 valence electrons. The van der Waals surface area contributed by atoms with Crippen molar-refractivity contribution in [1.82, 2.24) is 0 Å². The summed E-state index contributed by atoms with van der Waals surface area (Å²) < 4.78 is 9.98. The molecule has 0 aliphatic rings. The Balaban J connectivity index is 3.14. The van der Waals surface area contributed by atoms with E-state index in [9.17, 15) is 9.90 Å². The van der Waals surface area contributed by atoms with Crippen LogP contribution in [0.2, 0.25) is 0 Å². The molecule has 0 aliphatic carbocycles. The number of carbonyl (C=O) groups excluding carboxylic acids is 1. The van der Waals surface area contributed by atoms with Crippen LogP contribution in [0.5, 0.6) is 11.5 Å². The van der Waals surface area contributed by atoms with Crippen molar-refractivity contribution in [3.8, 4) is 17.6 Å². The molecule has 0 aliphatic heterocycles. The molecule has 0 fully saturated rings. The van der Waals surface area contributed by atoms with E-state index in [0.29, 0.717) is 0 Å². The van der Waals surface area contributed by atoms with Crippen molar-refractivity contribution in [3.63, 3.8) is 0 Å². The summed E-state index contributed by atoms with van der Waals surface area (Å²) in [4.78, 5) is 11.5. The summed E-state index contributed by atoms with van der Waals surface area (Å²) in [6.45, 7) is 2.60. The monoisotopic (exact) mass is 235 g/mol. The van der Waals surface area contributed by atoms with Crippen LogP contribution in [0.3, 0.4) is 0 Å². The number of aliphatic hydroxyl groups is 1. The standard InChI is InChI=1S/C12H13NO4/c1-12(2,15)11(14)17-10-8(7-13)5-4-6-9(10)16-3/h4-6,15H,1-3H3. The molecular formula is C12H13NO4. The van der Waals surface area contributed by atoms with E-state index in [1.165, 1.54) is 27.0 Å². The van der Waals surface area contributed by atoms with Crippen LogP contribution in [0.15, 0.2) is 18.2 Å². The van der Waals surface area contributed by atoms with Crippen LogP contribution < -0.4 is 9.47 Å². The van der Waals surface area contributed by atoms with Crippen molar-refractivity contribution < 1.29 is 19.4 Å². The summed E-state index contributed by atoms with van der Waals surface area (Å²) in [5.41, 5.74) is -1.46. The van der Waals surface area contributed by atoms with E-state index in [1.54, 1.807) is 12.1 Å². The normalized spacial score (nSPS) is 10.5. The zero-order valence-electron chi connectivity index (χ0n) is 9.85. The first-order valence-electron chi connectivity index (χ1n) is 4.92. The van der Waals surface area contributed by atoms with Crippen LogP contribution in [0.1, 0.15) is 19.4 Å². The Hall–Kier alpha value is -2.06. The van der Waals surface area contributed by atoms with Gasteiger partial charge in [-0.2, -0.15) is 5.26 Å². The van der Waals surface area contributed by atoms with Gasteiger partial charge in [0.25, 0.3) is 0 Å². The predicted octanol–water partition coefficient (Wildman–Crippen LogP) is 1.24. The van der Waals surface area contributed by atoms with E-state index >= 15 is 0 Å². The van der Waals surface area contributed by atoms with Crippen LogP contribution in [-0.2, 0) is 4.79 Å². The molecule has 0 radical (unpaired) electrons. The molecule has 5 heteroatoms. The van der Waals surface area contributed by atoms with Crippen molar-refractivity contribution in [2.75, 3.05) is 7.11 Å². The Labute approximate surface area is 99.2 Å². The predicted molar refractivity (Wildman–Crippen MR) is 59.6 cm³/mol. The summed E-state index contributed by atoms with van der Waals surface area (Å²) in [6.07, 6.45) is 0. The average Bonchev–Trinajstić information content (AvgIpc) is 2.28. The SMILES string of the molecule is COc1cccc(C#N)c1OC(=O)C(C)(C)O. The average molecular weight is 235 g/mol. The van der Waals surface area contributed by atoms with Gasteiger partial charge in [-0.3, -0.25) is 0 Å². The molecule has 0 spiro atoms. The van der Waals surface area contributed by atoms with Gasteiger partial charge in [0.1, 0.15) is 6.07 Å². The quantitative estimate of drug-likeness (QED) is 0.629. The molecular weight excluding hydrogens is 222 g/mol. The smallest absolute Gasteiger partial charge is 0.343 e. The van der Waals surface area contributed by atoms with Gasteiger partial charge in [-0.15, -0.1) is 0 Å². The first-order chi connectivity index (χ1) is 7.90. The van der Waals surface area contributed by atoms with Crippen molar-refractivity contribution in [3.05, 3.63) is 23.8 Å². The lowest BCUT2D eigenvalue weighted by atomic mass is 10.1. The van der Waals surface area contributed by atoms with E-state index in [2.05, 4.69) is 0 Å². The third-order valence-corrected chi connectivity index (χ3v) is 2.01. The fraction of sp³-hybridized carbons (Fsp3) is 0.333. The van der Waals surface area contributed by atoms with Crippen molar-refractivity contribution in [2.24, 2.45) is 0 Å². The first kappa shape index (κ1) is 13.0. The van der Waals surface area contributed by atoms with Gasteiger partial charge in [0, 0.05) is 0 Å². The second-order valence-corrected chi connectivity index (χ2v) is 3.90. The number of para-hydroxylation sites is 1. The summed E-state index contributed by atoms with van der Waals surface area (Å²) >= 11 is 0. The highest BCUT2D eigenvalue weighted by Crippen LogP contribution is 2.31. The van der Waals surface area contributed by atoms with E-state index in [4.69, 9.17) is 14.7 Å². The Morgan fingerprint density at radius 3 is 2.59 bits per heavy atom. The van der Waals surface area contributed by atoms with Crippen molar-refractivity contribution in [1.29, 1.82) is 5.26 Å². The number of hydrogen-bond acceptors (Lipinski definition) is 5. The van der Waals surface area contributed by atoms with Gasteiger partial charge in [-0.1, -0.05) is 6.07 Å². The number of benzene rings is 1.